The Morgan fingerprint density at radius 1 is 1.00 bits per heavy atom. The van der Waals surface area contributed by atoms with Crippen LogP contribution in [0.5, 0.6) is 0 Å². The van der Waals surface area contributed by atoms with Crippen molar-refractivity contribution >= 4 is 0 Å². The van der Waals surface area contributed by atoms with E-state index in [2.05, 4.69) is 36.5 Å². The number of hydrogen-bond donors (Lipinski definition) is 1. The second-order valence-corrected chi connectivity index (χ2v) is 6.26. The van der Waals surface area contributed by atoms with Gasteiger partial charge in [-0.15, -0.1) is 0 Å². The molecule has 0 radical (unpaired) electrons. The van der Waals surface area contributed by atoms with E-state index in [1.54, 1.807) is 0 Å². The van der Waals surface area contributed by atoms with Gasteiger partial charge in [0.1, 0.15) is 0 Å². The van der Waals surface area contributed by atoms with Crippen molar-refractivity contribution < 1.29 is 4.74 Å². The van der Waals surface area contributed by atoms with Gasteiger partial charge in [0.25, 0.3) is 0 Å². The van der Waals surface area contributed by atoms with E-state index in [4.69, 9.17) is 4.74 Å². The number of ether oxygens (including phenoxy) is 1. The summed E-state index contributed by atoms with van der Waals surface area (Å²) in [5, 5.41) is 3.56. The van der Waals surface area contributed by atoms with Gasteiger partial charge in [0.05, 0.1) is 6.61 Å². The molecule has 2 rings (SSSR count). The van der Waals surface area contributed by atoms with Crippen molar-refractivity contribution in [2.45, 2.75) is 70.9 Å². The van der Waals surface area contributed by atoms with Crippen LogP contribution < -0.4 is 5.32 Å². The first kappa shape index (κ1) is 16.5. The molecule has 2 nitrogen and oxygen atoms in total. The van der Waals surface area contributed by atoms with E-state index < -0.39 is 0 Å². The number of unbranched alkanes of at least 4 members (excludes halogenated alkanes) is 4. The molecule has 1 fully saturated rings. The van der Waals surface area contributed by atoms with Gasteiger partial charge >= 0.3 is 0 Å². The lowest BCUT2D eigenvalue weighted by Crippen LogP contribution is -2.19. The third-order valence-electron chi connectivity index (χ3n) is 4.11. The number of benzene rings is 1. The zero-order chi connectivity index (χ0) is 14.8. The van der Waals surface area contributed by atoms with Gasteiger partial charge in [-0.3, -0.25) is 0 Å². The van der Waals surface area contributed by atoms with Gasteiger partial charge in [-0.25, -0.2) is 0 Å². The topological polar surface area (TPSA) is 21.3 Å². The van der Waals surface area contributed by atoms with Crippen LogP contribution in [0.15, 0.2) is 24.3 Å². The molecule has 0 atom stereocenters. The molecule has 0 spiro atoms. The minimum atomic E-state index is 0.758. The van der Waals surface area contributed by atoms with E-state index >= 15 is 0 Å². The SMILES string of the molecule is CCCCCCCOCc1ccc(CCNC2CC2)cc1. The van der Waals surface area contributed by atoms with E-state index in [0.717, 1.165) is 32.2 Å². The maximum atomic E-state index is 5.75. The van der Waals surface area contributed by atoms with Crippen molar-refractivity contribution in [2.75, 3.05) is 13.2 Å². The zero-order valence-corrected chi connectivity index (χ0v) is 13.6. The van der Waals surface area contributed by atoms with Gasteiger partial charge in [0.2, 0.25) is 0 Å². The molecule has 1 aromatic rings. The van der Waals surface area contributed by atoms with E-state index in [1.807, 2.05) is 0 Å². The molecule has 0 amide bonds. The molecule has 1 saturated carbocycles. The highest BCUT2D eigenvalue weighted by Gasteiger charge is 2.19. The summed E-state index contributed by atoms with van der Waals surface area (Å²) < 4.78 is 5.75. The lowest BCUT2D eigenvalue weighted by molar-refractivity contribution is 0.116. The van der Waals surface area contributed by atoms with Gasteiger partial charge < -0.3 is 10.1 Å². The standard InChI is InChI=1S/C19H31NO/c1-2-3-4-5-6-15-21-16-18-9-7-17(8-10-18)13-14-20-19-11-12-19/h7-10,19-20H,2-6,11-16H2,1H3. The third kappa shape index (κ3) is 7.63. The van der Waals surface area contributed by atoms with E-state index in [9.17, 15) is 0 Å². The maximum Gasteiger partial charge on any atom is 0.0716 e. The molecule has 0 aromatic heterocycles. The van der Waals surface area contributed by atoms with E-state index in [0.29, 0.717) is 0 Å². The van der Waals surface area contributed by atoms with Crippen molar-refractivity contribution in [1.29, 1.82) is 0 Å². The first-order chi connectivity index (χ1) is 10.4. The first-order valence-corrected chi connectivity index (χ1v) is 8.77. The minimum absolute atomic E-state index is 0.758. The predicted octanol–water partition coefficient (Wildman–Crippen LogP) is 4.47. The quantitative estimate of drug-likeness (QED) is 0.573. The smallest absolute Gasteiger partial charge is 0.0716 e. The molecule has 1 aromatic carbocycles. The first-order valence-electron chi connectivity index (χ1n) is 8.77. The Balaban J connectivity index is 1.52. The fraction of sp³-hybridized carbons (Fsp3) is 0.684. The van der Waals surface area contributed by atoms with Crippen LogP contribution in [-0.2, 0) is 17.8 Å². The molecule has 0 saturated heterocycles. The highest BCUT2D eigenvalue weighted by atomic mass is 16.5. The van der Waals surface area contributed by atoms with Crippen LogP contribution in [0.2, 0.25) is 0 Å². The molecule has 0 bridgehead atoms. The lowest BCUT2D eigenvalue weighted by Gasteiger charge is -2.07. The van der Waals surface area contributed by atoms with Crippen LogP contribution in [0.1, 0.15) is 63.0 Å². The summed E-state index contributed by atoms with van der Waals surface area (Å²) in [4.78, 5) is 0. The van der Waals surface area contributed by atoms with Crippen LogP contribution in [0.4, 0.5) is 0 Å². The summed E-state index contributed by atoms with van der Waals surface area (Å²) in [5.41, 5.74) is 2.72. The Morgan fingerprint density at radius 3 is 2.43 bits per heavy atom. The molecule has 1 N–H and O–H groups in total. The van der Waals surface area contributed by atoms with Gasteiger partial charge in [-0.1, -0.05) is 56.9 Å². The van der Waals surface area contributed by atoms with Crippen molar-refractivity contribution in [3.63, 3.8) is 0 Å². The van der Waals surface area contributed by atoms with Crippen molar-refractivity contribution in [2.24, 2.45) is 0 Å². The van der Waals surface area contributed by atoms with Crippen LogP contribution in [0.25, 0.3) is 0 Å². The normalized spacial score (nSPS) is 14.5. The summed E-state index contributed by atoms with van der Waals surface area (Å²) >= 11 is 0. The van der Waals surface area contributed by atoms with Gasteiger partial charge in [0, 0.05) is 12.6 Å². The summed E-state index contributed by atoms with van der Waals surface area (Å²) in [6, 6.07) is 9.73. The monoisotopic (exact) mass is 289 g/mol. The fourth-order valence-corrected chi connectivity index (χ4v) is 2.51. The molecule has 2 heteroatoms. The van der Waals surface area contributed by atoms with E-state index in [-0.39, 0.29) is 0 Å². The second-order valence-electron chi connectivity index (χ2n) is 6.26. The summed E-state index contributed by atoms with van der Waals surface area (Å²) in [5.74, 6) is 0. The highest BCUT2D eigenvalue weighted by Crippen LogP contribution is 2.18. The summed E-state index contributed by atoms with van der Waals surface area (Å²) in [6.07, 6.45) is 10.4. The van der Waals surface area contributed by atoms with Crippen LogP contribution >= 0.6 is 0 Å². The number of hydrogen-bond acceptors (Lipinski definition) is 2. The molecular formula is C19H31NO. The van der Waals surface area contributed by atoms with E-state index in [1.165, 1.54) is 56.1 Å². The Kier molecular flexibility index (Phi) is 7.83. The predicted molar refractivity (Wildman–Crippen MR) is 89.6 cm³/mol. The average molecular weight is 289 g/mol. The fourth-order valence-electron chi connectivity index (χ4n) is 2.51. The lowest BCUT2D eigenvalue weighted by atomic mass is 10.1. The molecule has 1 aliphatic rings. The molecule has 0 unspecified atom stereocenters. The molecular weight excluding hydrogens is 258 g/mol. The molecule has 0 aliphatic heterocycles. The highest BCUT2D eigenvalue weighted by molar-refractivity contribution is 5.22. The van der Waals surface area contributed by atoms with Gasteiger partial charge in [-0.2, -0.15) is 0 Å². The minimum Gasteiger partial charge on any atom is -0.377 e. The Bertz CT molecular complexity index is 370. The van der Waals surface area contributed by atoms with Crippen LogP contribution in [-0.4, -0.2) is 19.2 Å². The average Bonchev–Trinajstić information content (AvgIpc) is 3.32. The van der Waals surface area contributed by atoms with Gasteiger partial charge in [0.15, 0.2) is 0 Å². The molecule has 1 aliphatic carbocycles. The van der Waals surface area contributed by atoms with Crippen molar-refractivity contribution in [3.05, 3.63) is 35.4 Å². The number of rotatable bonds is 12. The van der Waals surface area contributed by atoms with Gasteiger partial charge in [-0.05, 0) is 43.4 Å². The Hall–Kier alpha value is -0.860. The third-order valence-corrected chi connectivity index (χ3v) is 4.11. The van der Waals surface area contributed by atoms with Crippen LogP contribution in [0.3, 0.4) is 0 Å². The molecule has 21 heavy (non-hydrogen) atoms. The second kappa shape index (κ2) is 9.97. The Morgan fingerprint density at radius 2 is 1.71 bits per heavy atom. The summed E-state index contributed by atoms with van der Waals surface area (Å²) in [7, 11) is 0. The van der Waals surface area contributed by atoms with Crippen molar-refractivity contribution in [3.8, 4) is 0 Å². The molecule has 0 heterocycles. The van der Waals surface area contributed by atoms with Crippen LogP contribution in [0, 0.1) is 0 Å². The largest absolute Gasteiger partial charge is 0.377 e. The number of nitrogens with one attached hydrogen (secondary N) is 1. The summed E-state index contributed by atoms with van der Waals surface area (Å²) in [6.45, 7) is 5.02. The maximum absolute atomic E-state index is 5.75. The zero-order valence-electron chi connectivity index (χ0n) is 13.6. The van der Waals surface area contributed by atoms with Crippen molar-refractivity contribution in [1.82, 2.24) is 5.32 Å². The molecule has 118 valence electrons. The Labute approximate surface area is 130 Å².